The van der Waals surface area contributed by atoms with Crippen LogP contribution in [0.5, 0.6) is 11.5 Å². The zero-order valence-electron chi connectivity index (χ0n) is 12.3. The second-order valence-corrected chi connectivity index (χ2v) is 5.91. The highest BCUT2D eigenvalue weighted by Crippen LogP contribution is 2.20. The Kier molecular flexibility index (Phi) is 5.80. The predicted octanol–water partition coefficient (Wildman–Crippen LogP) is 2.87. The molecule has 22 heavy (non-hydrogen) atoms. The summed E-state index contributed by atoms with van der Waals surface area (Å²) in [6.07, 6.45) is 0. The van der Waals surface area contributed by atoms with Gasteiger partial charge in [0.25, 0.3) is 0 Å². The zero-order chi connectivity index (χ0) is 15.8. The van der Waals surface area contributed by atoms with E-state index in [0.717, 1.165) is 0 Å². The van der Waals surface area contributed by atoms with E-state index in [1.165, 1.54) is 12.1 Å². The molecule has 0 bridgehead atoms. The van der Waals surface area contributed by atoms with E-state index in [-0.39, 0.29) is 10.6 Å². The fourth-order valence-electron chi connectivity index (χ4n) is 1.72. The van der Waals surface area contributed by atoms with Gasteiger partial charge in [-0.25, -0.2) is 0 Å². The lowest BCUT2D eigenvalue weighted by atomic mass is 10.3. The van der Waals surface area contributed by atoms with E-state index in [1.807, 2.05) is 6.92 Å². The predicted molar refractivity (Wildman–Crippen MR) is 82.7 cm³/mol. The molecule has 0 saturated carbocycles. The van der Waals surface area contributed by atoms with Gasteiger partial charge in [-0.2, -0.15) is 8.42 Å². The quantitative estimate of drug-likeness (QED) is 0.552. The van der Waals surface area contributed by atoms with E-state index in [0.29, 0.717) is 25.6 Å². The van der Waals surface area contributed by atoms with Crippen LogP contribution >= 0.6 is 0 Å². The summed E-state index contributed by atoms with van der Waals surface area (Å²) in [5.41, 5.74) is 0. The summed E-state index contributed by atoms with van der Waals surface area (Å²) in [5, 5.41) is 0. The molecule has 0 aromatic heterocycles. The lowest BCUT2D eigenvalue weighted by Gasteiger charge is -2.09. The summed E-state index contributed by atoms with van der Waals surface area (Å²) >= 11 is 0. The number of hydrogen-bond donors (Lipinski definition) is 0. The third-order valence-electron chi connectivity index (χ3n) is 2.76. The van der Waals surface area contributed by atoms with Crippen LogP contribution in [-0.2, 0) is 14.9 Å². The van der Waals surface area contributed by atoms with Crippen molar-refractivity contribution in [2.45, 2.75) is 11.8 Å². The molecule has 0 heterocycles. The van der Waals surface area contributed by atoms with Crippen LogP contribution in [0.2, 0.25) is 0 Å². The first-order chi connectivity index (χ1) is 10.6. The maximum absolute atomic E-state index is 12.1. The Morgan fingerprint density at radius 2 is 1.55 bits per heavy atom. The number of hydrogen-bond acceptors (Lipinski definition) is 5. The lowest BCUT2D eigenvalue weighted by molar-refractivity contribution is 0.110. The first-order valence-corrected chi connectivity index (χ1v) is 8.33. The molecule has 2 rings (SSSR count). The molecule has 0 amide bonds. The van der Waals surface area contributed by atoms with Crippen molar-refractivity contribution >= 4 is 10.1 Å². The van der Waals surface area contributed by atoms with E-state index >= 15 is 0 Å². The Balaban J connectivity index is 1.99. The topological polar surface area (TPSA) is 61.8 Å². The monoisotopic (exact) mass is 322 g/mol. The van der Waals surface area contributed by atoms with Gasteiger partial charge in [0.05, 0.1) is 6.61 Å². The highest BCUT2D eigenvalue weighted by atomic mass is 32.2. The average Bonchev–Trinajstić information content (AvgIpc) is 2.53. The van der Waals surface area contributed by atoms with Gasteiger partial charge in [0.2, 0.25) is 0 Å². The van der Waals surface area contributed by atoms with Crippen LogP contribution in [0, 0.1) is 0 Å². The van der Waals surface area contributed by atoms with Crippen molar-refractivity contribution in [3.8, 4) is 11.5 Å². The van der Waals surface area contributed by atoms with Crippen molar-refractivity contribution in [2.75, 3.05) is 19.8 Å². The third kappa shape index (κ3) is 4.75. The Morgan fingerprint density at radius 1 is 0.864 bits per heavy atom. The van der Waals surface area contributed by atoms with Gasteiger partial charge in [-0.3, -0.25) is 0 Å². The Morgan fingerprint density at radius 3 is 2.18 bits per heavy atom. The third-order valence-corrected chi connectivity index (χ3v) is 4.02. The smallest absolute Gasteiger partial charge is 0.339 e. The first kappa shape index (κ1) is 16.3. The summed E-state index contributed by atoms with van der Waals surface area (Å²) in [5.74, 6) is 0.859. The molecule has 5 nitrogen and oxygen atoms in total. The molecule has 0 saturated heterocycles. The van der Waals surface area contributed by atoms with Crippen molar-refractivity contribution in [3.63, 3.8) is 0 Å². The van der Waals surface area contributed by atoms with Crippen molar-refractivity contribution in [2.24, 2.45) is 0 Å². The van der Waals surface area contributed by atoms with Crippen molar-refractivity contribution < 1.29 is 22.1 Å². The Labute approximate surface area is 130 Å². The van der Waals surface area contributed by atoms with Gasteiger partial charge < -0.3 is 13.7 Å². The van der Waals surface area contributed by atoms with Gasteiger partial charge in [0.15, 0.2) is 0 Å². The second kappa shape index (κ2) is 7.82. The molecular weight excluding hydrogens is 304 g/mol. The van der Waals surface area contributed by atoms with Crippen LogP contribution in [0.3, 0.4) is 0 Å². The van der Waals surface area contributed by atoms with Crippen LogP contribution in [0.4, 0.5) is 0 Å². The molecule has 0 atom stereocenters. The second-order valence-electron chi connectivity index (χ2n) is 4.37. The van der Waals surface area contributed by atoms with E-state index < -0.39 is 10.1 Å². The number of para-hydroxylation sites is 1. The molecule has 0 aliphatic heterocycles. The molecule has 0 spiro atoms. The summed E-state index contributed by atoms with van der Waals surface area (Å²) in [6.45, 7) is 3.46. The van der Waals surface area contributed by atoms with E-state index in [1.54, 1.807) is 42.5 Å². The van der Waals surface area contributed by atoms with Crippen LogP contribution in [0.25, 0.3) is 0 Å². The summed E-state index contributed by atoms with van der Waals surface area (Å²) in [7, 11) is -3.84. The molecule has 0 radical (unpaired) electrons. The standard InChI is InChI=1S/C16H18O5S/c1-2-19-12-13-20-14-8-10-16(11-9-14)22(17,18)21-15-6-4-3-5-7-15/h3-11H,2,12-13H2,1H3. The molecular formula is C16H18O5S. The normalized spacial score (nSPS) is 11.1. The van der Waals surface area contributed by atoms with Gasteiger partial charge in [0, 0.05) is 6.61 Å². The summed E-state index contributed by atoms with van der Waals surface area (Å²) < 4.78 is 39.9. The molecule has 2 aromatic rings. The molecule has 0 fully saturated rings. The van der Waals surface area contributed by atoms with Crippen LogP contribution < -0.4 is 8.92 Å². The van der Waals surface area contributed by atoms with Crippen molar-refractivity contribution in [3.05, 3.63) is 54.6 Å². The molecule has 118 valence electrons. The fourth-order valence-corrected chi connectivity index (χ4v) is 2.65. The minimum Gasteiger partial charge on any atom is -0.491 e. The van der Waals surface area contributed by atoms with Crippen LogP contribution in [0.15, 0.2) is 59.5 Å². The molecule has 6 heteroatoms. The molecule has 0 aliphatic rings. The number of rotatable bonds is 8. The van der Waals surface area contributed by atoms with Gasteiger partial charge >= 0.3 is 10.1 Å². The Bertz CT molecular complexity index is 665. The Hall–Kier alpha value is -2.05. The van der Waals surface area contributed by atoms with E-state index in [4.69, 9.17) is 13.7 Å². The van der Waals surface area contributed by atoms with Gasteiger partial charge in [-0.15, -0.1) is 0 Å². The molecule has 0 unspecified atom stereocenters. The van der Waals surface area contributed by atoms with E-state index in [9.17, 15) is 8.42 Å². The molecule has 2 aromatic carbocycles. The maximum Gasteiger partial charge on any atom is 0.339 e. The number of ether oxygens (including phenoxy) is 2. The maximum atomic E-state index is 12.1. The highest BCUT2D eigenvalue weighted by molar-refractivity contribution is 7.87. The SMILES string of the molecule is CCOCCOc1ccc(S(=O)(=O)Oc2ccccc2)cc1. The highest BCUT2D eigenvalue weighted by Gasteiger charge is 2.16. The van der Waals surface area contributed by atoms with Gasteiger partial charge in [-0.1, -0.05) is 18.2 Å². The zero-order valence-corrected chi connectivity index (χ0v) is 13.1. The number of benzene rings is 2. The first-order valence-electron chi connectivity index (χ1n) is 6.92. The van der Waals surface area contributed by atoms with Gasteiger partial charge in [-0.05, 0) is 43.3 Å². The summed E-state index contributed by atoms with van der Waals surface area (Å²) in [4.78, 5) is 0.0773. The van der Waals surface area contributed by atoms with Crippen LogP contribution in [-0.4, -0.2) is 28.2 Å². The largest absolute Gasteiger partial charge is 0.491 e. The van der Waals surface area contributed by atoms with Crippen LogP contribution in [0.1, 0.15) is 6.92 Å². The minimum absolute atomic E-state index is 0.0773. The van der Waals surface area contributed by atoms with Crippen molar-refractivity contribution in [1.82, 2.24) is 0 Å². The molecule has 0 aliphatic carbocycles. The van der Waals surface area contributed by atoms with Gasteiger partial charge in [0.1, 0.15) is 23.0 Å². The average molecular weight is 322 g/mol. The minimum atomic E-state index is -3.84. The summed E-state index contributed by atoms with van der Waals surface area (Å²) in [6, 6.07) is 14.5. The fraction of sp³-hybridized carbons (Fsp3) is 0.250. The molecule has 0 N–H and O–H groups in total. The van der Waals surface area contributed by atoms with E-state index in [2.05, 4.69) is 0 Å². The lowest BCUT2D eigenvalue weighted by Crippen LogP contribution is -2.10. The van der Waals surface area contributed by atoms with Crippen molar-refractivity contribution in [1.29, 1.82) is 0 Å².